The van der Waals surface area contributed by atoms with E-state index in [0.717, 1.165) is 0 Å². The molecule has 1 rings (SSSR count). The van der Waals surface area contributed by atoms with E-state index in [4.69, 9.17) is 0 Å². The standard InChI is InChI=1S/C9H5F3N2O6/c10-9(11,12)3-1-4(14(19)20)6(13-2-3)5(7(15)16)8(17)18/h1-2,5H,(H,15,16)(H,17,18)/p-2. The van der Waals surface area contributed by atoms with Crippen molar-refractivity contribution in [3.8, 4) is 0 Å². The van der Waals surface area contributed by atoms with Gasteiger partial charge in [-0.3, -0.25) is 15.1 Å². The molecule has 11 heteroatoms. The number of nitro groups is 1. The minimum atomic E-state index is -4.96. The van der Waals surface area contributed by atoms with Gasteiger partial charge in [-0.25, -0.2) is 0 Å². The van der Waals surface area contributed by atoms with Gasteiger partial charge in [-0.1, -0.05) is 0 Å². The smallest absolute Gasteiger partial charge is 0.418 e. The molecule has 1 aromatic rings. The Bertz CT molecular complexity index is 572. The number of pyridine rings is 1. The van der Waals surface area contributed by atoms with Crippen LogP contribution in [0.2, 0.25) is 0 Å². The lowest BCUT2D eigenvalue weighted by Gasteiger charge is -2.18. The summed E-state index contributed by atoms with van der Waals surface area (Å²) in [5, 5.41) is 31.8. The minimum Gasteiger partial charge on any atom is -0.549 e. The van der Waals surface area contributed by atoms with Crippen LogP contribution in [0.5, 0.6) is 0 Å². The maximum absolute atomic E-state index is 12.4. The number of hydrogen-bond donors (Lipinski definition) is 0. The Morgan fingerprint density at radius 1 is 1.25 bits per heavy atom. The predicted molar refractivity (Wildman–Crippen MR) is 48.6 cm³/mol. The lowest BCUT2D eigenvalue weighted by molar-refractivity contribution is -0.387. The van der Waals surface area contributed by atoms with Crippen LogP contribution in [-0.2, 0) is 15.8 Å². The molecule has 0 amide bonds. The van der Waals surface area contributed by atoms with E-state index in [1.165, 1.54) is 0 Å². The molecule has 20 heavy (non-hydrogen) atoms. The van der Waals surface area contributed by atoms with Crippen LogP contribution >= 0.6 is 0 Å². The van der Waals surface area contributed by atoms with Crippen LogP contribution in [-0.4, -0.2) is 21.8 Å². The van der Waals surface area contributed by atoms with Gasteiger partial charge >= 0.3 is 6.18 Å². The molecule has 0 fully saturated rings. The number of nitrogens with zero attached hydrogens (tertiary/aromatic N) is 2. The molecule has 0 N–H and O–H groups in total. The fraction of sp³-hybridized carbons (Fsp3) is 0.222. The van der Waals surface area contributed by atoms with E-state index in [-0.39, 0.29) is 12.3 Å². The highest BCUT2D eigenvalue weighted by Gasteiger charge is 2.35. The maximum atomic E-state index is 12.4. The fourth-order valence-electron chi connectivity index (χ4n) is 1.31. The molecule has 0 spiro atoms. The summed E-state index contributed by atoms with van der Waals surface area (Å²) >= 11 is 0. The lowest BCUT2D eigenvalue weighted by Crippen LogP contribution is -2.42. The highest BCUT2D eigenvalue weighted by atomic mass is 19.4. The van der Waals surface area contributed by atoms with Crippen molar-refractivity contribution < 1.29 is 37.9 Å². The van der Waals surface area contributed by atoms with Crippen LogP contribution in [0.1, 0.15) is 17.2 Å². The molecular weight excluding hydrogens is 289 g/mol. The summed E-state index contributed by atoms with van der Waals surface area (Å²) < 4.78 is 37.1. The zero-order valence-corrected chi connectivity index (χ0v) is 9.21. The first-order valence-electron chi connectivity index (χ1n) is 4.69. The van der Waals surface area contributed by atoms with Crippen LogP contribution in [0.4, 0.5) is 18.9 Å². The van der Waals surface area contributed by atoms with Gasteiger partial charge in [0.2, 0.25) is 0 Å². The summed E-state index contributed by atoms with van der Waals surface area (Å²) in [6.07, 6.45) is -4.88. The normalized spacial score (nSPS) is 11.4. The number of rotatable bonds is 4. The van der Waals surface area contributed by atoms with Crippen molar-refractivity contribution >= 4 is 17.6 Å². The van der Waals surface area contributed by atoms with Crippen LogP contribution in [0, 0.1) is 10.1 Å². The van der Waals surface area contributed by atoms with Crippen LogP contribution in [0.15, 0.2) is 12.3 Å². The zero-order chi connectivity index (χ0) is 15.7. The second-order valence-electron chi connectivity index (χ2n) is 3.45. The average molecular weight is 292 g/mol. The number of carbonyl (C=O) groups excluding carboxylic acids is 2. The quantitative estimate of drug-likeness (QED) is 0.377. The first kappa shape index (κ1) is 15.3. The fourth-order valence-corrected chi connectivity index (χ4v) is 1.31. The Labute approximate surface area is 107 Å². The summed E-state index contributed by atoms with van der Waals surface area (Å²) in [7, 11) is 0. The first-order valence-corrected chi connectivity index (χ1v) is 4.69. The van der Waals surface area contributed by atoms with Crippen molar-refractivity contribution in [3.63, 3.8) is 0 Å². The largest absolute Gasteiger partial charge is 0.549 e. The Morgan fingerprint density at radius 2 is 1.75 bits per heavy atom. The summed E-state index contributed by atoms with van der Waals surface area (Å²) in [6.45, 7) is 0. The number of aromatic nitrogens is 1. The molecule has 0 bridgehead atoms. The summed E-state index contributed by atoms with van der Waals surface area (Å²) in [4.78, 5) is 33.3. The van der Waals surface area contributed by atoms with Gasteiger partial charge in [-0.15, -0.1) is 0 Å². The molecule has 0 unspecified atom stereocenters. The van der Waals surface area contributed by atoms with Gasteiger partial charge in [0.05, 0.1) is 28.3 Å². The van der Waals surface area contributed by atoms with Gasteiger partial charge in [0.25, 0.3) is 5.69 Å². The van der Waals surface area contributed by atoms with Crippen LogP contribution in [0.25, 0.3) is 0 Å². The molecule has 0 aliphatic heterocycles. The number of alkyl halides is 3. The Hall–Kier alpha value is -2.72. The molecule has 0 aromatic carbocycles. The average Bonchev–Trinajstić information content (AvgIpc) is 2.26. The third-order valence-corrected chi connectivity index (χ3v) is 2.17. The van der Waals surface area contributed by atoms with Crippen molar-refractivity contribution in [1.29, 1.82) is 0 Å². The van der Waals surface area contributed by atoms with Crippen molar-refractivity contribution in [2.45, 2.75) is 12.1 Å². The number of carboxylic acid groups (broad SMARTS) is 2. The van der Waals surface area contributed by atoms with E-state index >= 15 is 0 Å². The third kappa shape index (κ3) is 2.99. The highest BCUT2D eigenvalue weighted by Crippen LogP contribution is 2.33. The predicted octanol–water partition coefficient (Wildman–Crippen LogP) is -1.41. The van der Waals surface area contributed by atoms with Gasteiger partial charge in [-0.2, -0.15) is 13.2 Å². The van der Waals surface area contributed by atoms with E-state index in [2.05, 4.69) is 4.98 Å². The minimum absolute atomic E-state index is 0.0127. The third-order valence-electron chi connectivity index (χ3n) is 2.17. The maximum Gasteiger partial charge on any atom is 0.418 e. The van der Waals surface area contributed by atoms with E-state index < -0.39 is 45.9 Å². The Balaban J connectivity index is 3.52. The SMILES string of the molecule is O=C([O-])C(C(=O)[O-])c1ncc(C(F)(F)F)cc1[N+](=O)[O-]. The van der Waals surface area contributed by atoms with Gasteiger partial charge in [-0.05, 0) is 0 Å². The molecule has 0 aliphatic carbocycles. The molecule has 0 radical (unpaired) electrons. The van der Waals surface area contributed by atoms with Gasteiger partial charge in [0.1, 0.15) is 5.69 Å². The number of aliphatic carboxylic acids is 2. The van der Waals surface area contributed by atoms with E-state index in [1.54, 1.807) is 0 Å². The molecule has 1 aromatic heterocycles. The molecule has 0 saturated heterocycles. The Kier molecular flexibility index (Phi) is 3.92. The summed E-state index contributed by atoms with van der Waals surface area (Å²) in [6, 6.07) is -0.0127. The molecule has 0 aliphatic rings. The van der Waals surface area contributed by atoms with Crippen molar-refractivity contribution in [1.82, 2.24) is 4.98 Å². The second kappa shape index (κ2) is 5.11. The van der Waals surface area contributed by atoms with Crippen LogP contribution < -0.4 is 10.2 Å². The van der Waals surface area contributed by atoms with E-state index in [0.29, 0.717) is 0 Å². The van der Waals surface area contributed by atoms with Crippen molar-refractivity contribution in [3.05, 3.63) is 33.6 Å². The van der Waals surface area contributed by atoms with E-state index in [1.807, 2.05) is 0 Å². The highest BCUT2D eigenvalue weighted by molar-refractivity contribution is 5.97. The molecule has 1 heterocycles. The summed E-state index contributed by atoms with van der Waals surface area (Å²) in [5.41, 5.74) is -4.13. The van der Waals surface area contributed by atoms with Crippen LogP contribution in [0.3, 0.4) is 0 Å². The summed E-state index contributed by atoms with van der Waals surface area (Å²) in [5.74, 6) is -7.24. The van der Waals surface area contributed by atoms with Crippen molar-refractivity contribution in [2.75, 3.05) is 0 Å². The second-order valence-corrected chi connectivity index (χ2v) is 3.45. The van der Waals surface area contributed by atoms with Crippen molar-refractivity contribution in [2.24, 2.45) is 0 Å². The van der Waals surface area contributed by atoms with Gasteiger partial charge in [0, 0.05) is 12.3 Å². The van der Waals surface area contributed by atoms with Gasteiger partial charge in [0.15, 0.2) is 0 Å². The first-order chi connectivity index (χ1) is 9.05. The molecule has 0 atom stereocenters. The zero-order valence-electron chi connectivity index (χ0n) is 9.21. The van der Waals surface area contributed by atoms with E-state index in [9.17, 15) is 43.1 Å². The number of carbonyl (C=O) groups is 2. The molecule has 0 saturated carbocycles. The Morgan fingerprint density at radius 3 is 2.10 bits per heavy atom. The monoisotopic (exact) mass is 292 g/mol. The molecule has 8 nitrogen and oxygen atoms in total. The number of halogens is 3. The molecular formula is C9H3F3N2O6-2. The van der Waals surface area contributed by atoms with Gasteiger partial charge < -0.3 is 19.8 Å². The lowest BCUT2D eigenvalue weighted by atomic mass is 10.0. The topological polar surface area (TPSA) is 136 Å². The number of carboxylic acids is 2. The molecule has 108 valence electrons. The number of hydrogen-bond acceptors (Lipinski definition) is 7.